The highest BCUT2D eigenvalue weighted by molar-refractivity contribution is 7.92. The molecule has 0 amide bonds. The van der Waals surface area contributed by atoms with E-state index in [1.54, 1.807) is 6.92 Å². The third-order valence-corrected chi connectivity index (χ3v) is 3.63. The van der Waals surface area contributed by atoms with E-state index in [9.17, 15) is 13.2 Å². The lowest BCUT2D eigenvalue weighted by Crippen LogP contribution is -2.28. The molecule has 1 N–H and O–H groups in total. The van der Waals surface area contributed by atoms with Crippen molar-refractivity contribution < 1.29 is 18.3 Å². The molecule has 4 nitrogen and oxygen atoms in total. The molecule has 0 spiro atoms. The van der Waals surface area contributed by atoms with E-state index in [0.717, 1.165) is 0 Å². The Morgan fingerprint density at radius 1 is 1.55 bits per heavy atom. The zero-order valence-corrected chi connectivity index (χ0v) is 7.39. The van der Waals surface area contributed by atoms with Crippen LogP contribution in [-0.2, 0) is 14.6 Å². The second kappa shape index (κ2) is 3.71. The van der Waals surface area contributed by atoms with E-state index in [4.69, 9.17) is 5.11 Å². The van der Waals surface area contributed by atoms with E-state index >= 15 is 0 Å². The van der Waals surface area contributed by atoms with Gasteiger partial charge in [0.15, 0.2) is 15.1 Å². The molecule has 0 saturated carbocycles. The Balaban J connectivity index is 4.44. The summed E-state index contributed by atoms with van der Waals surface area (Å²) in [6.07, 6.45) is 0.458. The second-order valence-corrected chi connectivity index (χ2v) is 4.79. The van der Waals surface area contributed by atoms with Crippen molar-refractivity contribution in [2.45, 2.75) is 25.5 Å². The number of carbonyl (C=O) groups is 1. The summed E-state index contributed by atoms with van der Waals surface area (Å²) in [7, 11) is -3.41. The van der Waals surface area contributed by atoms with Gasteiger partial charge in [0.05, 0.1) is 5.75 Å². The van der Waals surface area contributed by atoms with Crippen LogP contribution in [0.3, 0.4) is 0 Å². The van der Waals surface area contributed by atoms with Gasteiger partial charge in [0.1, 0.15) is 0 Å². The van der Waals surface area contributed by atoms with Crippen LogP contribution in [0.15, 0.2) is 0 Å². The molecular weight excluding hydrogens is 168 g/mol. The molecule has 66 valence electrons. The molecule has 0 saturated heterocycles. The molecule has 0 aromatic carbocycles. The van der Waals surface area contributed by atoms with E-state index in [0.29, 0.717) is 6.42 Å². The van der Waals surface area contributed by atoms with Gasteiger partial charge in [-0.05, 0) is 13.3 Å². The van der Waals surface area contributed by atoms with Crippen molar-refractivity contribution in [3.8, 4) is 0 Å². The summed E-state index contributed by atoms with van der Waals surface area (Å²) in [5.41, 5.74) is 0. The van der Waals surface area contributed by atoms with Gasteiger partial charge in [-0.25, -0.2) is 8.42 Å². The third kappa shape index (κ3) is 2.88. The number of hydrogen-bond acceptors (Lipinski definition) is 3. The molecule has 0 radical (unpaired) electrons. The molecule has 11 heavy (non-hydrogen) atoms. The molecule has 0 rings (SSSR count). The maximum atomic E-state index is 11.0. The summed E-state index contributed by atoms with van der Waals surface area (Å²) >= 11 is 0. The van der Waals surface area contributed by atoms with E-state index in [2.05, 4.69) is 0 Å². The Hall–Kier alpha value is -0.580. The molecule has 0 heterocycles. The number of hydrogen-bond donors (Lipinski definition) is 1. The molecular formula is C6H12O4S. The highest BCUT2D eigenvalue weighted by Crippen LogP contribution is 2.03. The summed E-state index contributed by atoms with van der Waals surface area (Å²) in [5, 5.41) is 7.09. The first-order valence-corrected chi connectivity index (χ1v) is 5.07. The summed E-state index contributed by atoms with van der Waals surface area (Å²) in [6.45, 7) is 2.89. The maximum absolute atomic E-state index is 11.0. The zero-order valence-electron chi connectivity index (χ0n) is 6.57. The quantitative estimate of drug-likeness (QED) is 0.674. The van der Waals surface area contributed by atoms with Crippen LogP contribution >= 0.6 is 0 Å². The topological polar surface area (TPSA) is 71.4 Å². The standard InChI is InChI=1S/C6H12O4S/c1-3-4-11(9,10)5(2)6(7)8/h5H,3-4H2,1-2H3,(H,7,8). The van der Waals surface area contributed by atoms with E-state index in [1.165, 1.54) is 6.92 Å². The van der Waals surface area contributed by atoms with Gasteiger partial charge in [0.25, 0.3) is 0 Å². The molecule has 0 aliphatic heterocycles. The first-order chi connectivity index (χ1) is 4.91. The first-order valence-electron chi connectivity index (χ1n) is 3.36. The minimum Gasteiger partial charge on any atom is -0.480 e. The lowest BCUT2D eigenvalue weighted by molar-refractivity contribution is -0.136. The largest absolute Gasteiger partial charge is 0.480 e. The summed E-state index contributed by atoms with van der Waals surface area (Å²) < 4.78 is 22.0. The molecule has 0 fully saturated rings. The number of carboxylic acids is 1. The second-order valence-electron chi connectivity index (χ2n) is 2.35. The number of rotatable bonds is 4. The first kappa shape index (κ1) is 10.4. The fraction of sp³-hybridized carbons (Fsp3) is 0.833. The summed E-state index contributed by atoms with van der Waals surface area (Å²) in [6, 6.07) is 0. The van der Waals surface area contributed by atoms with Crippen molar-refractivity contribution in [3.05, 3.63) is 0 Å². The highest BCUT2D eigenvalue weighted by atomic mass is 32.2. The van der Waals surface area contributed by atoms with Crippen molar-refractivity contribution in [3.63, 3.8) is 0 Å². The van der Waals surface area contributed by atoms with Crippen molar-refractivity contribution >= 4 is 15.8 Å². The van der Waals surface area contributed by atoms with Crippen LogP contribution in [0, 0.1) is 0 Å². The monoisotopic (exact) mass is 180 g/mol. The SMILES string of the molecule is CCCS(=O)(=O)C(C)C(=O)O. The van der Waals surface area contributed by atoms with E-state index in [1.807, 2.05) is 0 Å². The average Bonchev–Trinajstić information content (AvgIpc) is 1.86. The van der Waals surface area contributed by atoms with Gasteiger partial charge in [0, 0.05) is 0 Å². The van der Waals surface area contributed by atoms with Gasteiger partial charge in [0.2, 0.25) is 0 Å². The predicted octanol–water partition coefficient (Wildman–Crippen LogP) is 0.284. The third-order valence-electron chi connectivity index (χ3n) is 1.38. The Bertz CT molecular complexity index is 229. The van der Waals surface area contributed by atoms with E-state index in [-0.39, 0.29) is 5.75 Å². The van der Waals surface area contributed by atoms with Gasteiger partial charge in [-0.1, -0.05) is 6.92 Å². The van der Waals surface area contributed by atoms with Gasteiger partial charge < -0.3 is 5.11 Å². The normalized spacial score (nSPS) is 14.4. The molecule has 1 unspecified atom stereocenters. The molecule has 0 aliphatic rings. The lowest BCUT2D eigenvalue weighted by Gasteiger charge is -2.05. The summed E-state index contributed by atoms with van der Waals surface area (Å²) in [4.78, 5) is 10.2. The molecule has 0 aromatic rings. The van der Waals surface area contributed by atoms with Gasteiger partial charge in [-0.3, -0.25) is 4.79 Å². The minimum atomic E-state index is -3.41. The van der Waals surface area contributed by atoms with Crippen molar-refractivity contribution in [1.82, 2.24) is 0 Å². The van der Waals surface area contributed by atoms with Crippen LogP contribution in [0.2, 0.25) is 0 Å². The smallest absolute Gasteiger partial charge is 0.321 e. The van der Waals surface area contributed by atoms with Crippen LogP contribution in [0.25, 0.3) is 0 Å². The fourth-order valence-electron chi connectivity index (χ4n) is 0.615. The zero-order chi connectivity index (χ0) is 9.07. The molecule has 0 aromatic heterocycles. The molecule has 1 atom stereocenters. The van der Waals surface area contributed by atoms with Gasteiger partial charge in [-0.2, -0.15) is 0 Å². The summed E-state index contributed by atoms with van der Waals surface area (Å²) in [5.74, 6) is -1.33. The van der Waals surface area contributed by atoms with Crippen molar-refractivity contribution in [2.75, 3.05) is 5.75 Å². The Morgan fingerprint density at radius 2 is 2.00 bits per heavy atom. The minimum absolute atomic E-state index is 0.0551. The Kier molecular flexibility index (Phi) is 3.51. The lowest BCUT2D eigenvalue weighted by atomic mass is 10.5. The van der Waals surface area contributed by atoms with Crippen LogP contribution < -0.4 is 0 Å². The van der Waals surface area contributed by atoms with Crippen LogP contribution in [0.1, 0.15) is 20.3 Å². The van der Waals surface area contributed by atoms with Gasteiger partial charge in [-0.15, -0.1) is 0 Å². The number of sulfone groups is 1. The van der Waals surface area contributed by atoms with E-state index < -0.39 is 21.1 Å². The van der Waals surface area contributed by atoms with Crippen LogP contribution in [0.5, 0.6) is 0 Å². The van der Waals surface area contributed by atoms with Gasteiger partial charge >= 0.3 is 5.97 Å². The Labute approximate surface area is 66.1 Å². The average molecular weight is 180 g/mol. The van der Waals surface area contributed by atoms with Crippen LogP contribution in [0.4, 0.5) is 0 Å². The van der Waals surface area contributed by atoms with Crippen molar-refractivity contribution in [2.24, 2.45) is 0 Å². The number of carboxylic acid groups (broad SMARTS) is 1. The number of aliphatic carboxylic acids is 1. The Morgan fingerprint density at radius 3 is 2.27 bits per heavy atom. The molecule has 5 heteroatoms. The molecule has 0 aliphatic carbocycles. The molecule has 0 bridgehead atoms. The fourth-order valence-corrected chi connectivity index (χ4v) is 1.84. The predicted molar refractivity (Wildman–Crippen MR) is 41.2 cm³/mol. The highest BCUT2D eigenvalue weighted by Gasteiger charge is 2.26. The van der Waals surface area contributed by atoms with Crippen LogP contribution in [-0.4, -0.2) is 30.5 Å². The van der Waals surface area contributed by atoms with Crippen molar-refractivity contribution in [1.29, 1.82) is 0 Å². The maximum Gasteiger partial charge on any atom is 0.321 e.